The van der Waals surface area contributed by atoms with E-state index in [0.717, 1.165) is 17.8 Å². The number of benzene rings is 3. The molecule has 0 radical (unpaired) electrons. The van der Waals surface area contributed by atoms with Gasteiger partial charge in [0.25, 0.3) is 0 Å². The molecule has 7 rings (SSSR count). The second kappa shape index (κ2) is 13.2. The Morgan fingerprint density at radius 3 is 2.10 bits per heavy atom. The molecule has 3 N–H and O–H groups in total. The molecule has 0 aliphatic carbocycles. The number of aryl methyl sites for hydroxylation is 1. The number of alkyl halides is 3. The van der Waals surface area contributed by atoms with Gasteiger partial charge in [-0.1, -0.05) is 54.6 Å². The maximum Gasteiger partial charge on any atom is 0.433 e. The lowest BCUT2D eigenvalue weighted by Gasteiger charge is -2.41. The van der Waals surface area contributed by atoms with E-state index >= 15 is 0 Å². The predicted molar refractivity (Wildman–Crippen MR) is 183 cm³/mol. The molecule has 0 spiro atoms. The van der Waals surface area contributed by atoms with Crippen LogP contribution < -0.4 is 25.8 Å². The molecule has 2 aromatic heterocycles. The van der Waals surface area contributed by atoms with Crippen LogP contribution in [0.25, 0.3) is 0 Å². The maximum atomic E-state index is 13.8. The van der Waals surface area contributed by atoms with Crippen LogP contribution in [0.15, 0.2) is 102 Å². The number of anilines is 2. The highest BCUT2D eigenvalue weighted by Crippen LogP contribution is 2.50. The Balaban J connectivity index is 1.37. The summed E-state index contributed by atoms with van der Waals surface area (Å²) in [7, 11) is 3.13. The minimum absolute atomic E-state index is 0.00713. The number of rotatable bonds is 10. The van der Waals surface area contributed by atoms with Crippen LogP contribution in [0.3, 0.4) is 0 Å². The minimum atomic E-state index is -4.76. The molecule has 2 aliphatic heterocycles. The van der Waals surface area contributed by atoms with Crippen molar-refractivity contribution in [3.8, 4) is 11.5 Å². The van der Waals surface area contributed by atoms with Crippen LogP contribution in [0.1, 0.15) is 34.2 Å². The molecule has 15 heteroatoms. The zero-order valence-electron chi connectivity index (χ0n) is 28.3. The fraction of sp³-hybridized carbons (Fsp3) is 0.297. The third-order valence-electron chi connectivity index (χ3n) is 9.65. The first-order valence-electron chi connectivity index (χ1n) is 16.3. The van der Waals surface area contributed by atoms with Crippen LogP contribution >= 0.6 is 0 Å². The molecule has 2 saturated heterocycles. The highest BCUT2D eigenvalue weighted by molar-refractivity contribution is 5.50. The van der Waals surface area contributed by atoms with E-state index in [1.807, 2.05) is 54.6 Å². The highest BCUT2D eigenvalue weighted by Gasteiger charge is 2.66. The smallest absolute Gasteiger partial charge is 0.433 e. The highest BCUT2D eigenvalue weighted by atomic mass is 19.4. The van der Waals surface area contributed by atoms with E-state index in [1.165, 1.54) is 15.7 Å². The van der Waals surface area contributed by atoms with Gasteiger partial charge in [-0.2, -0.15) is 18.2 Å². The predicted octanol–water partition coefficient (Wildman–Crippen LogP) is 4.49. The summed E-state index contributed by atoms with van der Waals surface area (Å²) >= 11 is 0. The van der Waals surface area contributed by atoms with Gasteiger partial charge in [-0.05, 0) is 53.9 Å². The fourth-order valence-electron chi connectivity index (χ4n) is 7.00. The van der Waals surface area contributed by atoms with Crippen molar-refractivity contribution in [2.75, 3.05) is 38.0 Å². The van der Waals surface area contributed by atoms with E-state index < -0.39 is 47.1 Å². The van der Waals surface area contributed by atoms with Gasteiger partial charge in [0.15, 0.2) is 6.23 Å². The number of halogens is 3. The van der Waals surface area contributed by atoms with Crippen molar-refractivity contribution in [1.29, 1.82) is 0 Å². The van der Waals surface area contributed by atoms with Gasteiger partial charge in [0.1, 0.15) is 46.4 Å². The number of morpholine rings is 1. The monoisotopic (exact) mass is 716 g/mol. The van der Waals surface area contributed by atoms with Crippen LogP contribution in [-0.4, -0.2) is 69.7 Å². The molecule has 0 amide bonds. The molecular formula is C37H35F3N6O6. The number of methoxy groups -OCH3 is 2. The van der Waals surface area contributed by atoms with Gasteiger partial charge in [-0.3, -0.25) is 4.57 Å². The molecular weight excluding hydrogens is 681 g/mol. The number of ether oxygens (including phenoxy) is 4. The first kappa shape index (κ1) is 34.9. The second-order valence-corrected chi connectivity index (χ2v) is 12.7. The number of hydrogen-bond donors (Lipinski definition) is 2. The second-order valence-electron chi connectivity index (χ2n) is 12.7. The van der Waals surface area contributed by atoms with Crippen molar-refractivity contribution in [3.63, 3.8) is 0 Å². The van der Waals surface area contributed by atoms with E-state index in [-0.39, 0.29) is 24.9 Å². The number of fused-ring (bicyclic) bond motifs is 2. The molecule has 270 valence electrons. The zero-order chi connectivity index (χ0) is 36.8. The summed E-state index contributed by atoms with van der Waals surface area (Å²) in [4.78, 5) is 26.5. The third kappa shape index (κ3) is 5.89. The molecule has 2 bridgehead atoms. The molecule has 4 atom stereocenters. The van der Waals surface area contributed by atoms with Crippen molar-refractivity contribution in [1.82, 2.24) is 19.5 Å². The Morgan fingerprint density at radius 2 is 1.52 bits per heavy atom. The normalized spacial score (nSPS) is 21.4. The van der Waals surface area contributed by atoms with Gasteiger partial charge in [0, 0.05) is 18.0 Å². The summed E-state index contributed by atoms with van der Waals surface area (Å²) in [6, 6.07) is 23.7. The number of hydrogen-bond acceptors (Lipinski definition) is 11. The number of aliphatic hydroxyl groups is 1. The Labute approximate surface area is 296 Å². The minimum Gasteiger partial charge on any atom is -0.497 e. The molecule has 4 heterocycles. The molecule has 2 fully saturated rings. The maximum absolute atomic E-state index is 13.8. The summed E-state index contributed by atoms with van der Waals surface area (Å²) in [6.45, 7) is 1.16. The van der Waals surface area contributed by atoms with Gasteiger partial charge in [-0.25, -0.2) is 14.8 Å². The van der Waals surface area contributed by atoms with Crippen LogP contribution in [-0.2, 0) is 21.3 Å². The molecule has 0 saturated carbocycles. The van der Waals surface area contributed by atoms with E-state index in [0.29, 0.717) is 28.2 Å². The standard InChI is InChI=1S/C37H35F3N6O6/c1-22-19-45(34(48)44-31(22)41)32-29-30(47)35(52-32,20-46(29)33-42-18-17-28(43-33)37(38,39)40)21-51-36(23-7-5-4-6-8-23,24-9-13-26(49-2)14-10-24)25-11-15-27(50-3)16-12-25/h4-19,29-30,32,47H,20-21H2,1-3H3,(H2,41,44,48)/t29-,30+,32-,35-/m1/s1. The Kier molecular flexibility index (Phi) is 8.89. The van der Waals surface area contributed by atoms with Crippen molar-refractivity contribution in [3.05, 3.63) is 136 Å². The Morgan fingerprint density at radius 1 is 0.923 bits per heavy atom. The lowest BCUT2D eigenvalue weighted by atomic mass is 9.79. The topological polar surface area (TPSA) is 147 Å². The van der Waals surface area contributed by atoms with Gasteiger partial charge in [0.2, 0.25) is 5.95 Å². The summed E-state index contributed by atoms with van der Waals surface area (Å²) in [5.74, 6) is 0.934. The lowest BCUT2D eigenvalue weighted by molar-refractivity contribution is -0.159. The number of nitrogens with zero attached hydrogens (tertiary/aromatic N) is 5. The Hall–Kier alpha value is -5.51. The van der Waals surface area contributed by atoms with Crippen LogP contribution in [0.2, 0.25) is 0 Å². The van der Waals surface area contributed by atoms with E-state index in [4.69, 9.17) is 24.7 Å². The fourth-order valence-corrected chi connectivity index (χ4v) is 7.00. The van der Waals surface area contributed by atoms with Crippen molar-refractivity contribution >= 4 is 11.8 Å². The molecule has 5 aromatic rings. The number of aliphatic hydroxyl groups excluding tert-OH is 1. The summed E-state index contributed by atoms with van der Waals surface area (Å²) < 4.78 is 67.2. The number of aromatic nitrogens is 4. The van der Waals surface area contributed by atoms with Gasteiger partial charge >= 0.3 is 11.9 Å². The third-order valence-corrected chi connectivity index (χ3v) is 9.65. The molecule has 3 aromatic carbocycles. The molecule has 2 aliphatic rings. The van der Waals surface area contributed by atoms with Crippen molar-refractivity contribution < 1.29 is 37.2 Å². The van der Waals surface area contributed by atoms with Gasteiger partial charge in [-0.15, -0.1) is 0 Å². The zero-order valence-corrected chi connectivity index (χ0v) is 28.3. The van der Waals surface area contributed by atoms with E-state index in [1.54, 1.807) is 45.4 Å². The quantitative estimate of drug-likeness (QED) is 0.197. The van der Waals surface area contributed by atoms with Gasteiger partial charge < -0.3 is 34.7 Å². The largest absolute Gasteiger partial charge is 0.497 e. The SMILES string of the molecule is COc1ccc(C(OC[C@@]23CN(c4nccc(C(F)(F)F)n4)[C@@H]([C@H](n4cc(C)c(N)nc4=O)O2)[C@@H]3O)(c2ccccc2)c2ccc(OC)cc2)cc1. The number of nitrogen functional groups attached to an aromatic ring is 1. The number of nitrogens with two attached hydrogens (primary N) is 1. The molecule has 12 nitrogen and oxygen atoms in total. The molecule has 52 heavy (non-hydrogen) atoms. The van der Waals surface area contributed by atoms with Crippen LogP contribution in [0, 0.1) is 6.92 Å². The first-order valence-corrected chi connectivity index (χ1v) is 16.3. The van der Waals surface area contributed by atoms with E-state index in [2.05, 4.69) is 15.0 Å². The molecule has 0 unspecified atom stereocenters. The van der Waals surface area contributed by atoms with Crippen LogP contribution in [0.5, 0.6) is 11.5 Å². The average molecular weight is 717 g/mol. The first-order chi connectivity index (χ1) is 24.9. The summed E-state index contributed by atoms with van der Waals surface area (Å²) in [5, 5.41) is 12.1. The van der Waals surface area contributed by atoms with Crippen LogP contribution in [0.4, 0.5) is 24.9 Å². The van der Waals surface area contributed by atoms with Crippen molar-refractivity contribution in [2.45, 2.75) is 42.7 Å². The van der Waals surface area contributed by atoms with Gasteiger partial charge in [0.05, 0.1) is 27.4 Å². The average Bonchev–Trinajstić information content (AvgIpc) is 3.60. The summed E-state index contributed by atoms with van der Waals surface area (Å²) in [5.41, 5.74) is 3.61. The Bertz CT molecular complexity index is 2070. The van der Waals surface area contributed by atoms with E-state index in [9.17, 15) is 23.1 Å². The lowest BCUT2D eigenvalue weighted by Crippen LogP contribution is -2.52. The van der Waals surface area contributed by atoms with Crippen molar-refractivity contribution in [2.24, 2.45) is 0 Å². The summed E-state index contributed by atoms with van der Waals surface area (Å²) in [6.07, 6.45) is -4.96.